The van der Waals surface area contributed by atoms with Crippen molar-refractivity contribution in [2.75, 3.05) is 0 Å². The van der Waals surface area contributed by atoms with E-state index in [0.29, 0.717) is 11.5 Å². The second kappa shape index (κ2) is 4.65. The molecule has 0 bridgehead atoms. The Kier molecular flexibility index (Phi) is 2.85. The zero-order chi connectivity index (χ0) is 12.4. The number of rotatable bonds is 4. The number of hydrogen-bond acceptors (Lipinski definition) is 2. The van der Waals surface area contributed by atoms with Gasteiger partial charge in [0.2, 0.25) is 0 Å². The van der Waals surface area contributed by atoms with Crippen molar-refractivity contribution in [2.45, 2.75) is 18.4 Å². The molecule has 0 N–H and O–H groups in total. The number of carbonyl (C=O) groups is 1. The summed E-state index contributed by atoms with van der Waals surface area (Å²) in [6, 6.07) is 17.7. The van der Waals surface area contributed by atoms with Crippen molar-refractivity contribution in [2.24, 2.45) is 0 Å². The molecule has 90 valence electrons. The molecule has 0 radical (unpaired) electrons. The summed E-state index contributed by atoms with van der Waals surface area (Å²) in [5.41, 5.74) is 2.02. The molecule has 2 aromatic rings. The second-order valence-corrected chi connectivity index (χ2v) is 4.60. The van der Waals surface area contributed by atoms with Crippen LogP contribution in [0.2, 0.25) is 0 Å². The Bertz CT molecular complexity index is 531. The van der Waals surface area contributed by atoms with E-state index in [1.807, 2.05) is 18.2 Å². The predicted octanol–water partition coefficient (Wildman–Crippen LogP) is 3.43. The van der Waals surface area contributed by atoms with Gasteiger partial charge in [0.25, 0.3) is 0 Å². The van der Waals surface area contributed by atoms with Crippen LogP contribution in [0.3, 0.4) is 0 Å². The number of ether oxygens (including phenoxy) is 1. The highest BCUT2D eigenvalue weighted by Crippen LogP contribution is 2.43. The molecule has 1 fully saturated rings. The Morgan fingerprint density at radius 1 is 1.00 bits per heavy atom. The molecule has 2 heteroatoms. The summed E-state index contributed by atoms with van der Waals surface area (Å²) < 4.78 is 5.88. The van der Waals surface area contributed by atoms with E-state index in [-0.39, 0.29) is 6.10 Å². The van der Waals surface area contributed by atoms with Crippen molar-refractivity contribution in [1.29, 1.82) is 0 Å². The van der Waals surface area contributed by atoms with Gasteiger partial charge >= 0.3 is 0 Å². The third-order valence-electron chi connectivity index (χ3n) is 3.26. The van der Waals surface area contributed by atoms with Gasteiger partial charge in [-0.1, -0.05) is 30.3 Å². The molecule has 1 saturated carbocycles. The van der Waals surface area contributed by atoms with E-state index in [1.165, 1.54) is 5.56 Å². The van der Waals surface area contributed by atoms with Gasteiger partial charge in [-0.15, -0.1) is 0 Å². The van der Waals surface area contributed by atoms with Crippen LogP contribution in [0, 0.1) is 0 Å². The third kappa shape index (κ3) is 2.28. The standard InChI is InChI=1S/C16H14O2/c17-11-12-6-8-14(9-7-12)18-16-10-15(16)13-4-2-1-3-5-13/h1-9,11,15-16H,10H2/t15-,16-/m0/s1. The number of carbonyl (C=O) groups excluding carboxylic acids is 1. The average Bonchev–Trinajstić information content (AvgIpc) is 3.20. The van der Waals surface area contributed by atoms with Crippen LogP contribution in [0.5, 0.6) is 5.75 Å². The lowest BCUT2D eigenvalue weighted by atomic mass is 10.1. The molecule has 2 aromatic carbocycles. The van der Waals surface area contributed by atoms with E-state index in [1.54, 1.807) is 12.1 Å². The fraction of sp³-hybridized carbons (Fsp3) is 0.188. The van der Waals surface area contributed by atoms with Gasteiger partial charge in [-0.25, -0.2) is 0 Å². The highest BCUT2D eigenvalue weighted by atomic mass is 16.5. The minimum atomic E-state index is 0.273. The summed E-state index contributed by atoms with van der Waals surface area (Å²) in [4.78, 5) is 10.5. The highest BCUT2D eigenvalue weighted by Gasteiger charge is 2.40. The zero-order valence-corrected chi connectivity index (χ0v) is 9.95. The molecule has 3 rings (SSSR count). The lowest BCUT2D eigenvalue weighted by molar-refractivity contribution is 0.112. The Morgan fingerprint density at radius 3 is 2.39 bits per heavy atom. The van der Waals surface area contributed by atoms with Crippen molar-refractivity contribution < 1.29 is 9.53 Å². The van der Waals surface area contributed by atoms with Crippen LogP contribution in [-0.2, 0) is 0 Å². The summed E-state index contributed by atoms with van der Waals surface area (Å²) in [6.07, 6.45) is 2.18. The highest BCUT2D eigenvalue weighted by molar-refractivity contribution is 5.74. The van der Waals surface area contributed by atoms with Gasteiger partial charge in [0, 0.05) is 11.5 Å². The molecule has 1 aliphatic carbocycles. The van der Waals surface area contributed by atoms with E-state index < -0.39 is 0 Å². The number of benzene rings is 2. The topological polar surface area (TPSA) is 26.3 Å². The summed E-state index contributed by atoms with van der Waals surface area (Å²) in [5.74, 6) is 1.35. The van der Waals surface area contributed by atoms with Gasteiger partial charge in [0.05, 0.1) is 0 Å². The monoisotopic (exact) mass is 238 g/mol. The summed E-state index contributed by atoms with van der Waals surface area (Å²) in [6.45, 7) is 0. The van der Waals surface area contributed by atoms with Crippen molar-refractivity contribution in [3.63, 3.8) is 0 Å². The summed E-state index contributed by atoms with van der Waals surface area (Å²) >= 11 is 0. The number of hydrogen-bond donors (Lipinski definition) is 0. The van der Waals surface area contributed by atoms with Crippen LogP contribution in [-0.4, -0.2) is 12.4 Å². The van der Waals surface area contributed by atoms with Crippen molar-refractivity contribution in [3.05, 3.63) is 65.7 Å². The molecule has 2 nitrogen and oxygen atoms in total. The van der Waals surface area contributed by atoms with Gasteiger partial charge in [0.15, 0.2) is 0 Å². The molecule has 1 aliphatic rings. The molecule has 0 aromatic heterocycles. The molecule has 0 saturated heterocycles. The fourth-order valence-electron chi connectivity index (χ4n) is 2.15. The first-order chi connectivity index (χ1) is 8.86. The van der Waals surface area contributed by atoms with Crippen LogP contribution in [0.15, 0.2) is 54.6 Å². The van der Waals surface area contributed by atoms with Crippen LogP contribution in [0.1, 0.15) is 28.3 Å². The van der Waals surface area contributed by atoms with E-state index in [9.17, 15) is 4.79 Å². The number of aldehydes is 1. The SMILES string of the molecule is O=Cc1ccc(O[C@H]2C[C@H]2c2ccccc2)cc1. The van der Waals surface area contributed by atoms with Gasteiger partial charge in [-0.05, 0) is 36.2 Å². The molecule has 0 unspecified atom stereocenters. The molecule has 2 atom stereocenters. The average molecular weight is 238 g/mol. The maximum atomic E-state index is 10.5. The Balaban J connectivity index is 1.63. The normalized spacial score (nSPS) is 21.3. The van der Waals surface area contributed by atoms with Crippen LogP contribution in [0.4, 0.5) is 0 Å². The first kappa shape index (κ1) is 11.0. The molecule has 0 aliphatic heterocycles. The zero-order valence-electron chi connectivity index (χ0n) is 9.95. The minimum absolute atomic E-state index is 0.273. The Labute approximate surface area is 106 Å². The van der Waals surface area contributed by atoms with Crippen molar-refractivity contribution >= 4 is 6.29 Å². The van der Waals surface area contributed by atoms with Crippen molar-refractivity contribution in [1.82, 2.24) is 0 Å². The molecule has 18 heavy (non-hydrogen) atoms. The first-order valence-electron chi connectivity index (χ1n) is 6.13. The Hall–Kier alpha value is -2.09. The molecule has 0 heterocycles. The Morgan fingerprint density at radius 2 is 1.72 bits per heavy atom. The first-order valence-corrected chi connectivity index (χ1v) is 6.13. The second-order valence-electron chi connectivity index (χ2n) is 4.60. The quantitative estimate of drug-likeness (QED) is 0.763. The van der Waals surface area contributed by atoms with Gasteiger partial charge in [-0.2, -0.15) is 0 Å². The van der Waals surface area contributed by atoms with E-state index in [0.717, 1.165) is 18.5 Å². The van der Waals surface area contributed by atoms with Gasteiger partial charge in [0.1, 0.15) is 18.1 Å². The molecular weight excluding hydrogens is 224 g/mol. The smallest absolute Gasteiger partial charge is 0.150 e. The summed E-state index contributed by atoms with van der Waals surface area (Å²) in [7, 11) is 0. The minimum Gasteiger partial charge on any atom is -0.490 e. The lowest BCUT2D eigenvalue weighted by Crippen LogP contribution is -1.99. The van der Waals surface area contributed by atoms with Crippen LogP contribution < -0.4 is 4.74 Å². The van der Waals surface area contributed by atoms with E-state index in [2.05, 4.69) is 24.3 Å². The van der Waals surface area contributed by atoms with E-state index in [4.69, 9.17) is 4.74 Å². The van der Waals surface area contributed by atoms with Gasteiger partial charge in [-0.3, -0.25) is 4.79 Å². The maximum absolute atomic E-state index is 10.5. The van der Waals surface area contributed by atoms with Crippen molar-refractivity contribution in [3.8, 4) is 5.75 Å². The lowest BCUT2D eigenvalue weighted by Gasteiger charge is -2.05. The fourth-order valence-corrected chi connectivity index (χ4v) is 2.15. The molecule has 0 amide bonds. The molecular formula is C16H14O2. The van der Waals surface area contributed by atoms with Gasteiger partial charge < -0.3 is 4.74 Å². The summed E-state index contributed by atoms with van der Waals surface area (Å²) in [5, 5.41) is 0. The maximum Gasteiger partial charge on any atom is 0.150 e. The van der Waals surface area contributed by atoms with Crippen LogP contribution >= 0.6 is 0 Å². The predicted molar refractivity (Wildman–Crippen MR) is 70.0 cm³/mol. The molecule has 0 spiro atoms. The largest absolute Gasteiger partial charge is 0.490 e. The van der Waals surface area contributed by atoms with Crippen LogP contribution in [0.25, 0.3) is 0 Å². The van der Waals surface area contributed by atoms with E-state index >= 15 is 0 Å². The third-order valence-corrected chi connectivity index (χ3v) is 3.26.